The van der Waals surface area contributed by atoms with Gasteiger partial charge in [-0.3, -0.25) is 0 Å². The van der Waals surface area contributed by atoms with Crippen LogP contribution in [0.1, 0.15) is 65.2 Å². The van der Waals surface area contributed by atoms with Gasteiger partial charge in [-0.1, -0.05) is 58.1 Å². The van der Waals surface area contributed by atoms with E-state index in [1.807, 2.05) is 6.08 Å². The summed E-state index contributed by atoms with van der Waals surface area (Å²) >= 11 is 0. The van der Waals surface area contributed by atoms with Gasteiger partial charge >= 0.3 is 0 Å². The van der Waals surface area contributed by atoms with Crippen LogP contribution >= 0.6 is 0 Å². The zero-order chi connectivity index (χ0) is 12.8. The first-order valence-corrected chi connectivity index (χ1v) is 7.01. The van der Waals surface area contributed by atoms with E-state index in [9.17, 15) is 0 Å². The Morgan fingerprint density at radius 3 is 2.47 bits per heavy atom. The SMILES string of the molecule is CCCCCC/C=C\COC(C#N)CCCC. The minimum absolute atomic E-state index is 0.223. The van der Waals surface area contributed by atoms with Crippen LogP contribution in [-0.2, 0) is 4.74 Å². The van der Waals surface area contributed by atoms with Crippen molar-refractivity contribution < 1.29 is 4.74 Å². The smallest absolute Gasteiger partial charge is 0.144 e. The molecule has 0 rings (SSSR count). The van der Waals surface area contributed by atoms with Gasteiger partial charge in [-0.25, -0.2) is 0 Å². The number of ether oxygens (including phenoxy) is 1. The first-order valence-electron chi connectivity index (χ1n) is 7.01. The maximum atomic E-state index is 8.85. The zero-order valence-electron chi connectivity index (χ0n) is 11.5. The van der Waals surface area contributed by atoms with E-state index in [1.165, 1.54) is 25.7 Å². The average Bonchev–Trinajstić information content (AvgIpc) is 2.36. The lowest BCUT2D eigenvalue weighted by atomic mass is 10.1. The number of allylic oxidation sites excluding steroid dienone is 1. The van der Waals surface area contributed by atoms with Crippen LogP contribution in [0, 0.1) is 11.3 Å². The second-order valence-electron chi connectivity index (χ2n) is 4.41. The van der Waals surface area contributed by atoms with Crippen molar-refractivity contribution in [2.24, 2.45) is 0 Å². The zero-order valence-corrected chi connectivity index (χ0v) is 11.5. The molecule has 0 aromatic rings. The van der Waals surface area contributed by atoms with Gasteiger partial charge in [0.15, 0.2) is 0 Å². The van der Waals surface area contributed by atoms with Crippen LogP contribution < -0.4 is 0 Å². The van der Waals surface area contributed by atoms with Crippen LogP contribution in [0.25, 0.3) is 0 Å². The van der Waals surface area contributed by atoms with Crippen LogP contribution in [0.4, 0.5) is 0 Å². The molecule has 2 heteroatoms. The molecule has 0 aliphatic carbocycles. The van der Waals surface area contributed by atoms with Crippen LogP contribution in [0.3, 0.4) is 0 Å². The van der Waals surface area contributed by atoms with Crippen molar-refractivity contribution in [3.63, 3.8) is 0 Å². The van der Waals surface area contributed by atoms with Crippen molar-refractivity contribution in [3.8, 4) is 6.07 Å². The molecule has 0 aliphatic rings. The largest absolute Gasteiger partial charge is 0.359 e. The minimum Gasteiger partial charge on any atom is -0.359 e. The number of unbranched alkanes of at least 4 members (excludes halogenated alkanes) is 5. The lowest BCUT2D eigenvalue weighted by Crippen LogP contribution is -2.10. The predicted molar refractivity (Wildman–Crippen MR) is 72.8 cm³/mol. The molecule has 0 radical (unpaired) electrons. The van der Waals surface area contributed by atoms with Crippen molar-refractivity contribution in [3.05, 3.63) is 12.2 Å². The van der Waals surface area contributed by atoms with Gasteiger partial charge in [0.25, 0.3) is 0 Å². The van der Waals surface area contributed by atoms with Gasteiger partial charge in [-0.2, -0.15) is 5.26 Å². The van der Waals surface area contributed by atoms with Crippen LogP contribution in [0.5, 0.6) is 0 Å². The summed E-state index contributed by atoms with van der Waals surface area (Å²) in [6.07, 6.45) is 13.4. The Morgan fingerprint density at radius 2 is 1.82 bits per heavy atom. The molecule has 0 bridgehead atoms. The number of hydrogen-bond acceptors (Lipinski definition) is 2. The third-order valence-electron chi connectivity index (χ3n) is 2.75. The average molecular weight is 237 g/mol. The van der Waals surface area contributed by atoms with Crippen molar-refractivity contribution in [1.82, 2.24) is 0 Å². The lowest BCUT2D eigenvalue weighted by molar-refractivity contribution is 0.106. The monoisotopic (exact) mass is 237 g/mol. The Balaban J connectivity index is 3.40. The van der Waals surface area contributed by atoms with Crippen LogP contribution in [-0.4, -0.2) is 12.7 Å². The summed E-state index contributed by atoms with van der Waals surface area (Å²) in [6.45, 7) is 4.93. The molecule has 1 unspecified atom stereocenters. The van der Waals surface area contributed by atoms with E-state index in [4.69, 9.17) is 10.00 Å². The maximum Gasteiger partial charge on any atom is 0.144 e. The molecule has 0 aliphatic heterocycles. The summed E-state index contributed by atoms with van der Waals surface area (Å²) in [5.41, 5.74) is 0. The highest BCUT2D eigenvalue weighted by molar-refractivity contribution is 4.87. The van der Waals surface area contributed by atoms with Gasteiger partial charge in [0.1, 0.15) is 6.10 Å². The van der Waals surface area contributed by atoms with Crippen LogP contribution in [0.2, 0.25) is 0 Å². The Morgan fingerprint density at radius 1 is 1.06 bits per heavy atom. The van der Waals surface area contributed by atoms with E-state index < -0.39 is 0 Å². The fourth-order valence-electron chi connectivity index (χ4n) is 1.62. The summed E-state index contributed by atoms with van der Waals surface area (Å²) in [4.78, 5) is 0. The summed E-state index contributed by atoms with van der Waals surface area (Å²) < 4.78 is 5.47. The van der Waals surface area contributed by atoms with Gasteiger partial charge in [0, 0.05) is 0 Å². The molecule has 0 heterocycles. The molecule has 0 N–H and O–H groups in total. The maximum absolute atomic E-state index is 8.85. The van der Waals surface area contributed by atoms with E-state index >= 15 is 0 Å². The number of nitriles is 1. The normalized spacial score (nSPS) is 12.8. The molecule has 1 atom stereocenters. The topological polar surface area (TPSA) is 33.0 Å². The second-order valence-corrected chi connectivity index (χ2v) is 4.41. The molecule has 0 aromatic carbocycles. The first-order chi connectivity index (χ1) is 8.35. The van der Waals surface area contributed by atoms with Gasteiger partial charge < -0.3 is 4.74 Å². The Labute approximate surface area is 107 Å². The lowest BCUT2D eigenvalue weighted by Gasteiger charge is -2.07. The molecule has 0 fully saturated rings. The van der Waals surface area contributed by atoms with Gasteiger partial charge in [0.2, 0.25) is 0 Å². The van der Waals surface area contributed by atoms with Gasteiger partial charge in [0.05, 0.1) is 12.7 Å². The molecule has 2 nitrogen and oxygen atoms in total. The molecule has 0 spiro atoms. The van der Waals surface area contributed by atoms with Crippen molar-refractivity contribution in [2.75, 3.05) is 6.61 Å². The summed E-state index contributed by atoms with van der Waals surface area (Å²) in [7, 11) is 0. The quantitative estimate of drug-likeness (QED) is 0.388. The van der Waals surface area contributed by atoms with Gasteiger partial charge in [-0.15, -0.1) is 0 Å². The van der Waals surface area contributed by atoms with E-state index in [0.717, 1.165) is 25.7 Å². The second kappa shape index (κ2) is 13.3. The van der Waals surface area contributed by atoms with Crippen molar-refractivity contribution in [1.29, 1.82) is 5.26 Å². The Kier molecular flexibility index (Phi) is 12.6. The molecule has 0 saturated carbocycles. The minimum atomic E-state index is -0.223. The van der Waals surface area contributed by atoms with Gasteiger partial charge in [-0.05, 0) is 19.3 Å². The highest BCUT2D eigenvalue weighted by atomic mass is 16.5. The van der Waals surface area contributed by atoms with E-state index in [1.54, 1.807) is 0 Å². The van der Waals surface area contributed by atoms with E-state index in [2.05, 4.69) is 26.0 Å². The molecule has 0 amide bonds. The third-order valence-corrected chi connectivity index (χ3v) is 2.75. The Bertz CT molecular complexity index is 217. The molecular weight excluding hydrogens is 210 g/mol. The highest BCUT2D eigenvalue weighted by Gasteiger charge is 2.04. The molecule has 98 valence electrons. The number of hydrogen-bond donors (Lipinski definition) is 0. The van der Waals surface area contributed by atoms with Crippen molar-refractivity contribution >= 4 is 0 Å². The molecular formula is C15H27NO. The number of nitrogens with zero attached hydrogens (tertiary/aromatic N) is 1. The highest BCUT2D eigenvalue weighted by Crippen LogP contribution is 2.05. The summed E-state index contributed by atoms with van der Waals surface area (Å²) in [5, 5.41) is 8.85. The van der Waals surface area contributed by atoms with E-state index in [0.29, 0.717) is 6.61 Å². The van der Waals surface area contributed by atoms with Crippen LogP contribution in [0.15, 0.2) is 12.2 Å². The number of rotatable bonds is 11. The molecule has 17 heavy (non-hydrogen) atoms. The fourth-order valence-corrected chi connectivity index (χ4v) is 1.62. The summed E-state index contributed by atoms with van der Waals surface area (Å²) in [6, 6.07) is 2.20. The van der Waals surface area contributed by atoms with Crippen molar-refractivity contribution in [2.45, 2.75) is 71.3 Å². The standard InChI is InChI=1S/C15H27NO/c1-3-5-7-8-9-10-11-13-17-15(14-16)12-6-4-2/h10-11,15H,3-9,12-13H2,1-2H3/b11-10-. The first kappa shape index (κ1) is 16.2. The predicted octanol–water partition coefficient (Wildman–Crippen LogP) is 4.61. The van der Waals surface area contributed by atoms with E-state index in [-0.39, 0.29) is 6.10 Å². The molecule has 0 saturated heterocycles. The Hall–Kier alpha value is -0.810. The third kappa shape index (κ3) is 11.5. The summed E-state index contributed by atoms with van der Waals surface area (Å²) in [5.74, 6) is 0. The molecule has 0 aromatic heterocycles. The fraction of sp³-hybridized carbons (Fsp3) is 0.800.